The lowest BCUT2D eigenvalue weighted by Crippen LogP contribution is -2.33. The molecule has 1 unspecified atom stereocenters. The first-order chi connectivity index (χ1) is 8.52. The van der Waals surface area contributed by atoms with Crippen LogP contribution in [-0.2, 0) is 11.2 Å². The van der Waals surface area contributed by atoms with Crippen LogP contribution in [0.2, 0.25) is 0 Å². The van der Waals surface area contributed by atoms with Gasteiger partial charge in [-0.15, -0.1) is 6.58 Å². The molecule has 0 aliphatic rings. The molecule has 0 aliphatic carbocycles. The van der Waals surface area contributed by atoms with Crippen LogP contribution in [-0.4, -0.2) is 11.9 Å². The van der Waals surface area contributed by atoms with E-state index < -0.39 is 0 Å². The summed E-state index contributed by atoms with van der Waals surface area (Å²) in [6, 6.07) is 6.62. The van der Waals surface area contributed by atoms with Gasteiger partial charge in [-0.25, -0.2) is 0 Å². The molecule has 0 saturated heterocycles. The number of benzene rings is 1. The summed E-state index contributed by atoms with van der Waals surface area (Å²) in [6.45, 7) is 9.88. The lowest BCUT2D eigenvalue weighted by atomic mass is 10.00. The topological polar surface area (TPSA) is 29.1 Å². The van der Waals surface area contributed by atoms with Gasteiger partial charge in [-0.05, 0) is 44.7 Å². The van der Waals surface area contributed by atoms with Crippen molar-refractivity contribution < 1.29 is 4.79 Å². The number of rotatable bonds is 6. The van der Waals surface area contributed by atoms with Gasteiger partial charge in [-0.2, -0.15) is 0 Å². The summed E-state index contributed by atoms with van der Waals surface area (Å²) in [4.78, 5) is 11.6. The molecule has 0 bridgehead atoms. The Morgan fingerprint density at radius 3 is 2.78 bits per heavy atom. The summed E-state index contributed by atoms with van der Waals surface area (Å²) < 4.78 is 0. The van der Waals surface area contributed by atoms with E-state index in [1.54, 1.807) is 6.08 Å². The van der Waals surface area contributed by atoms with Crippen molar-refractivity contribution >= 4 is 5.91 Å². The number of allylic oxidation sites excluding steroid dienone is 1. The molecule has 0 radical (unpaired) electrons. The first-order valence-corrected chi connectivity index (χ1v) is 6.49. The number of carbonyl (C=O) groups excluding carboxylic acids is 1. The van der Waals surface area contributed by atoms with Gasteiger partial charge in [0.1, 0.15) is 0 Å². The number of carbonyl (C=O) groups is 1. The van der Waals surface area contributed by atoms with Gasteiger partial charge in [-0.3, -0.25) is 4.79 Å². The van der Waals surface area contributed by atoms with Crippen LogP contribution in [0.5, 0.6) is 0 Å². The monoisotopic (exact) mass is 245 g/mol. The Kier molecular flexibility index (Phi) is 5.63. The van der Waals surface area contributed by atoms with Crippen molar-refractivity contribution in [2.75, 3.05) is 0 Å². The third kappa shape index (κ3) is 4.74. The molecule has 1 aromatic rings. The third-order valence-electron chi connectivity index (χ3n) is 3.01. The molecule has 0 heterocycles. The largest absolute Gasteiger partial charge is 0.353 e. The van der Waals surface area contributed by atoms with E-state index in [9.17, 15) is 4.79 Å². The van der Waals surface area contributed by atoms with Crippen LogP contribution in [0.1, 0.15) is 36.5 Å². The number of hydrogen-bond acceptors (Lipinski definition) is 1. The molecule has 0 aromatic heterocycles. The van der Waals surface area contributed by atoms with Crippen molar-refractivity contribution in [2.24, 2.45) is 0 Å². The molecule has 0 spiro atoms. The first kappa shape index (κ1) is 14.5. The molecule has 0 saturated carbocycles. The van der Waals surface area contributed by atoms with Crippen LogP contribution in [0.3, 0.4) is 0 Å². The second-order valence-electron chi connectivity index (χ2n) is 4.93. The zero-order valence-corrected chi connectivity index (χ0v) is 11.6. The van der Waals surface area contributed by atoms with Gasteiger partial charge in [0.2, 0.25) is 5.91 Å². The summed E-state index contributed by atoms with van der Waals surface area (Å²) >= 11 is 0. The van der Waals surface area contributed by atoms with Crippen LogP contribution >= 0.6 is 0 Å². The molecule has 1 aromatic carbocycles. The normalized spacial score (nSPS) is 11.9. The molecule has 18 heavy (non-hydrogen) atoms. The van der Waals surface area contributed by atoms with Crippen LogP contribution in [0.15, 0.2) is 30.9 Å². The first-order valence-electron chi connectivity index (χ1n) is 6.49. The van der Waals surface area contributed by atoms with Gasteiger partial charge in [0.05, 0.1) is 0 Å². The Balaban J connectivity index is 2.51. The molecule has 1 rings (SSSR count). The van der Waals surface area contributed by atoms with Crippen LogP contribution in [0.4, 0.5) is 0 Å². The van der Waals surface area contributed by atoms with Crippen molar-refractivity contribution in [3.63, 3.8) is 0 Å². The molecule has 0 aliphatic heterocycles. The second kappa shape index (κ2) is 7.00. The molecule has 1 N–H and O–H groups in total. The standard InChI is InChI=1S/C16H23NO/c1-5-6-7-16(18)17-14(4)11-15-9-8-12(2)10-13(15)3/h5,8-10,14H,1,6-7,11H2,2-4H3,(H,17,18). The van der Waals surface area contributed by atoms with Crippen LogP contribution in [0, 0.1) is 13.8 Å². The second-order valence-corrected chi connectivity index (χ2v) is 4.93. The molecule has 98 valence electrons. The van der Waals surface area contributed by atoms with Crippen molar-refractivity contribution in [3.05, 3.63) is 47.5 Å². The van der Waals surface area contributed by atoms with Gasteiger partial charge in [0.25, 0.3) is 0 Å². The maximum atomic E-state index is 11.6. The average molecular weight is 245 g/mol. The summed E-state index contributed by atoms with van der Waals surface area (Å²) in [5.74, 6) is 0.104. The van der Waals surface area contributed by atoms with E-state index in [0.29, 0.717) is 6.42 Å². The van der Waals surface area contributed by atoms with E-state index in [-0.39, 0.29) is 11.9 Å². The number of nitrogens with one attached hydrogen (secondary N) is 1. The molecule has 0 fully saturated rings. The molecule has 2 heteroatoms. The number of amides is 1. The van der Waals surface area contributed by atoms with Crippen molar-refractivity contribution in [1.82, 2.24) is 5.32 Å². The fourth-order valence-electron chi connectivity index (χ4n) is 2.04. The van der Waals surface area contributed by atoms with Gasteiger partial charge >= 0.3 is 0 Å². The fraction of sp³-hybridized carbons (Fsp3) is 0.438. The zero-order chi connectivity index (χ0) is 13.5. The van der Waals surface area contributed by atoms with E-state index in [2.05, 4.69) is 43.9 Å². The van der Waals surface area contributed by atoms with Gasteiger partial charge in [-0.1, -0.05) is 29.8 Å². The molecular formula is C16H23NO. The van der Waals surface area contributed by atoms with Crippen LogP contribution < -0.4 is 5.32 Å². The highest BCUT2D eigenvalue weighted by molar-refractivity contribution is 5.76. The summed E-state index contributed by atoms with van der Waals surface area (Å²) in [6.07, 6.45) is 3.92. The van der Waals surface area contributed by atoms with Crippen molar-refractivity contribution in [1.29, 1.82) is 0 Å². The Hall–Kier alpha value is -1.57. The summed E-state index contributed by atoms with van der Waals surface area (Å²) in [7, 11) is 0. The number of hydrogen-bond donors (Lipinski definition) is 1. The predicted molar refractivity (Wildman–Crippen MR) is 76.7 cm³/mol. The zero-order valence-electron chi connectivity index (χ0n) is 11.6. The van der Waals surface area contributed by atoms with Crippen molar-refractivity contribution in [3.8, 4) is 0 Å². The van der Waals surface area contributed by atoms with E-state index in [4.69, 9.17) is 0 Å². The lowest BCUT2D eigenvalue weighted by Gasteiger charge is -2.15. The Labute approximate surface area is 110 Å². The third-order valence-corrected chi connectivity index (χ3v) is 3.01. The van der Waals surface area contributed by atoms with E-state index in [1.807, 2.05) is 6.92 Å². The predicted octanol–water partition coefficient (Wildman–Crippen LogP) is 3.32. The fourth-order valence-corrected chi connectivity index (χ4v) is 2.04. The molecule has 1 atom stereocenters. The van der Waals surface area contributed by atoms with Crippen LogP contribution in [0.25, 0.3) is 0 Å². The average Bonchev–Trinajstić information content (AvgIpc) is 2.30. The maximum Gasteiger partial charge on any atom is 0.220 e. The highest BCUT2D eigenvalue weighted by Gasteiger charge is 2.08. The highest BCUT2D eigenvalue weighted by atomic mass is 16.1. The Morgan fingerprint density at radius 2 is 2.17 bits per heavy atom. The molecular weight excluding hydrogens is 222 g/mol. The molecule has 2 nitrogen and oxygen atoms in total. The van der Waals surface area contributed by atoms with Gasteiger partial charge < -0.3 is 5.32 Å². The molecule has 1 amide bonds. The minimum absolute atomic E-state index is 0.104. The van der Waals surface area contributed by atoms with Crippen molar-refractivity contribution in [2.45, 2.75) is 46.1 Å². The van der Waals surface area contributed by atoms with E-state index >= 15 is 0 Å². The lowest BCUT2D eigenvalue weighted by molar-refractivity contribution is -0.121. The van der Waals surface area contributed by atoms with E-state index in [1.165, 1.54) is 16.7 Å². The minimum atomic E-state index is 0.104. The summed E-state index contributed by atoms with van der Waals surface area (Å²) in [5, 5.41) is 3.02. The Morgan fingerprint density at radius 1 is 1.44 bits per heavy atom. The smallest absolute Gasteiger partial charge is 0.220 e. The Bertz CT molecular complexity index is 423. The maximum absolute atomic E-state index is 11.6. The van der Waals surface area contributed by atoms with E-state index in [0.717, 1.165) is 12.8 Å². The van der Waals surface area contributed by atoms with Gasteiger partial charge in [0, 0.05) is 12.5 Å². The SMILES string of the molecule is C=CCCC(=O)NC(C)Cc1ccc(C)cc1C. The highest BCUT2D eigenvalue weighted by Crippen LogP contribution is 2.12. The quantitative estimate of drug-likeness (QED) is 0.765. The minimum Gasteiger partial charge on any atom is -0.353 e. The summed E-state index contributed by atoms with van der Waals surface area (Å²) in [5.41, 5.74) is 3.87. The van der Waals surface area contributed by atoms with Gasteiger partial charge in [0.15, 0.2) is 0 Å². The number of aryl methyl sites for hydroxylation is 2.